The molecule has 1 aromatic heterocycles. The smallest absolute Gasteiger partial charge is 0.260 e. The molecule has 3 aliphatic carbocycles. The van der Waals surface area contributed by atoms with Crippen LogP contribution in [0.3, 0.4) is 0 Å². The number of allylic oxidation sites excluding steroid dienone is 3. The zero-order valence-corrected chi connectivity index (χ0v) is 48.2. The van der Waals surface area contributed by atoms with Crippen molar-refractivity contribution in [2.45, 2.75) is 151 Å². The summed E-state index contributed by atoms with van der Waals surface area (Å²) in [7, 11) is 0. The van der Waals surface area contributed by atoms with Gasteiger partial charge in [-0.3, -0.25) is 0 Å². The van der Waals surface area contributed by atoms with Gasteiger partial charge < -0.3 is 14.7 Å². The predicted molar refractivity (Wildman–Crippen MR) is 325 cm³/mol. The van der Waals surface area contributed by atoms with Crippen molar-refractivity contribution in [2.24, 2.45) is 16.7 Å². The minimum Gasteiger partial charge on any atom is -0.311 e. The average molecular weight is 1000 g/mol. The lowest BCUT2D eigenvalue weighted by Gasteiger charge is -2.54. The van der Waals surface area contributed by atoms with Crippen LogP contribution < -0.4 is 24.9 Å². The van der Waals surface area contributed by atoms with Crippen LogP contribution in [0.4, 0.5) is 45.5 Å². The van der Waals surface area contributed by atoms with E-state index in [4.69, 9.17) is 0 Å². The van der Waals surface area contributed by atoms with Gasteiger partial charge >= 0.3 is 0 Å². The number of para-hydroxylation sites is 2. The molecule has 2 aliphatic heterocycles. The predicted octanol–water partition coefficient (Wildman–Crippen LogP) is 19.0. The average Bonchev–Trinajstić information content (AvgIpc) is 3.88. The minimum absolute atomic E-state index is 0.0202. The molecular weight excluding hydrogens is 926 g/mol. The zero-order chi connectivity index (χ0) is 52.8. The molecule has 1 fully saturated rings. The number of thiophene rings is 1. The van der Waals surface area contributed by atoms with E-state index in [2.05, 4.69) is 275 Å². The van der Waals surface area contributed by atoms with Crippen molar-refractivity contribution in [2.75, 3.05) is 14.7 Å². The summed E-state index contributed by atoms with van der Waals surface area (Å²) in [6.07, 6.45) is 8.52. The third-order valence-electron chi connectivity index (χ3n) is 18.5. The van der Waals surface area contributed by atoms with Gasteiger partial charge in [0, 0.05) is 49.4 Å². The van der Waals surface area contributed by atoms with Crippen LogP contribution >= 0.6 is 11.3 Å². The first-order chi connectivity index (χ1) is 35.4. The molecule has 3 heterocycles. The van der Waals surface area contributed by atoms with Crippen molar-refractivity contribution >= 4 is 73.8 Å². The lowest BCUT2D eigenvalue weighted by Crippen LogP contribution is -2.57. The Bertz CT molecular complexity index is 3390. The fourth-order valence-electron chi connectivity index (χ4n) is 13.8. The van der Waals surface area contributed by atoms with E-state index in [-0.39, 0.29) is 39.2 Å². The highest BCUT2D eigenvalue weighted by atomic mass is 32.1. The molecule has 1 saturated carbocycles. The molecule has 0 N–H and O–H groups in total. The van der Waals surface area contributed by atoms with Gasteiger partial charge in [-0.15, -0.1) is 0 Å². The van der Waals surface area contributed by atoms with Gasteiger partial charge in [-0.05, 0) is 165 Å². The number of rotatable bonds is 6. The van der Waals surface area contributed by atoms with Crippen molar-refractivity contribution in [1.82, 2.24) is 0 Å². The molecule has 1 atom stereocenters. The van der Waals surface area contributed by atoms with Crippen LogP contribution in [0, 0.1) is 16.7 Å². The largest absolute Gasteiger partial charge is 0.311 e. The van der Waals surface area contributed by atoms with E-state index in [1.54, 1.807) is 21.5 Å². The number of benzene rings is 6. The van der Waals surface area contributed by atoms with E-state index < -0.39 is 0 Å². The maximum Gasteiger partial charge on any atom is 0.260 e. The first kappa shape index (κ1) is 49.8. The highest BCUT2D eigenvalue weighted by Crippen LogP contribution is 2.62. The molecule has 6 aromatic carbocycles. The van der Waals surface area contributed by atoms with Crippen molar-refractivity contribution < 1.29 is 0 Å². The molecule has 12 rings (SSSR count). The summed E-state index contributed by atoms with van der Waals surface area (Å²) in [5.41, 5.74) is 22.8. The Morgan fingerprint density at radius 1 is 0.547 bits per heavy atom. The lowest BCUT2D eigenvalue weighted by molar-refractivity contribution is 0.122. The number of hydrogen-bond donors (Lipinski definition) is 0. The first-order valence-electron chi connectivity index (χ1n) is 28.1. The van der Waals surface area contributed by atoms with Crippen molar-refractivity contribution in [3.8, 4) is 11.1 Å². The molecule has 0 radical (unpaired) electrons. The number of fused-ring (bicyclic) bond motifs is 6. The molecule has 75 heavy (non-hydrogen) atoms. The Balaban J connectivity index is 1.27. The molecule has 0 saturated heterocycles. The standard InChI is InChI=1S/C70H78BN3S/c1-65(2,3)46-30-33-50(34-31-46)73-58-41-51(72(48-26-20-16-21-27-48)49-28-22-17-23-29-49)42-59-61(58)71(64-62(73)60-63(75-64)70(13,14)39-38-69(60,11)12)55-43-53-54(68(9,10)37-36-67(53,7)8)44-57(55)74(59)56-35-32-47(66(4,5)6)40-52(56)45-24-18-15-19-25-45/h15-35,40-42,44,53H,36-39,43H2,1-14H3. The van der Waals surface area contributed by atoms with Crippen LogP contribution in [0.25, 0.3) is 11.1 Å². The van der Waals surface area contributed by atoms with Gasteiger partial charge in [-0.2, -0.15) is 11.3 Å². The molecule has 1 unspecified atom stereocenters. The topological polar surface area (TPSA) is 9.72 Å². The highest BCUT2D eigenvalue weighted by molar-refractivity contribution is 7.28. The summed E-state index contributed by atoms with van der Waals surface area (Å²) in [6, 6.07) is 55.6. The minimum atomic E-state index is -0.0402. The van der Waals surface area contributed by atoms with E-state index in [9.17, 15) is 0 Å². The number of hydrogen-bond acceptors (Lipinski definition) is 4. The summed E-state index contributed by atoms with van der Waals surface area (Å²) in [4.78, 5) is 9.61. The Morgan fingerprint density at radius 2 is 1.09 bits per heavy atom. The molecule has 382 valence electrons. The van der Waals surface area contributed by atoms with Crippen molar-refractivity contribution in [3.63, 3.8) is 0 Å². The zero-order valence-electron chi connectivity index (χ0n) is 47.4. The van der Waals surface area contributed by atoms with Crippen molar-refractivity contribution in [3.05, 3.63) is 190 Å². The fraction of sp³-hybridized carbons (Fsp3) is 0.371. The van der Waals surface area contributed by atoms with Crippen LogP contribution in [0.1, 0.15) is 151 Å². The Morgan fingerprint density at radius 3 is 1.69 bits per heavy atom. The summed E-state index contributed by atoms with van der Waals surface area (Å²) in [6.45, 7) is 34.5. The second-order valence-corrected chi connectivity index (χ2v) is 28.6. The second-order valence-electron chi connectivity index (χ2n) is 27.6. The fourth-order valence-corrected chi connectivity index (χ4v) is 15.5. The van der Waals surface area contributed by atoms with Gasteiger partial charge in [0.1, 0.15) is 0 Å². The molecule has 7 aromatic rings. The van der Waals surface area contributed by atoms with Crippen LogP contribution in [-0.4, -0.2) is 6.71 Å². The summed E-state index contributed by atoms with van der Waals surface area (Å²) >= 11 is 2.16. The monoisotopic (exact) mass is 1000 g/mol. The van der Waals surface area contributed by atoms with Crippen molar-refractivity contribution in [1.29, 1.82) is 0 Å². The van der Waals surface area contributed by atoms with Gasteiger partial charge in [0.2, 0.25) is 0 Å². The Labute approximate surface area is 454 Å². The van der Waals surface area contributed by atoms with Gasteiger partial charge in [-0.25, -0.2) is 0 Å². The van der Waals surface area contributed by atoms with E-state index in [1.807, 2.05) is 0 Å². The first-order valence-corrected chi connectivity index (χ1v) is 28.9. The quantitative estimate of drug-likeness (QED) is 0.154. The molecular formula is C70H78BN3S. The summed E-state index contributed by atoms with van der Waals surface area (Å²) in [5, 5.41) is 0. The van der Waals surface area contributed by atoms with Crippen LogP contribution in [0.5, 0.6) is 0 Å². The van der Waals surface area contributed by atoms with E-state index in [1.165, 1.54) is 85.9 Å². The van der Waals surface area contributed by atoms with E-state index in [0.717, 1.165) is 29.9 Å². The summed E-state index contributed by atoms with van der Waals surface area (Å²) < 4.78 is 1.52. The van der Waals surface area contributed by atoms with Crippen LogP contribution in [0.2, 0.25) is 0 Å². The van der Waals surface area contributed by atoms with Crippen LogP contribution in [0.15, 0.2) is 168 Å². The van der Waals surface area contributed by atoms with Gasteiger partial charge in [-0.1, -0.05) is 193 Å². The second kappa shape index (κ2) is 17.2. The van der Waals surface area contributed by atoms with E-state index >= 15 is 0 Å². The highest BCUT2D eigenvalue weighted by Gasteiger charge is 2.55. The SMILES string of the molecule is CC1(C)CCC(C)(C)C2CC3=C(C=C21)N(c1ccc(C(C)(C)C)cc1-c1ccccc1)c1cc(N(c2ccccc2)c2ccccc2)cc2c1B3c1sc3c(c1N2c1ccc(C(C)(C)C)cc1)C(C)(C)CCC3(C)C. The molecule has 0 bridgehead atoms. The third-order valence-corrected chi connectivity index (χ3v) is 20.2. The third kappa shape index (κ3) is 8.11. The molecule has 3 nitrogen and oxygen atoms in total. The maximum atomic E-state index is 2.77. The Kier molecular flexibility index (Phi) is 11.5. The normalized spacial score (nSPS) is 19.8. The number of nitrogens with zero attached hydrogens (tertiary/aromatic N) is 3. The lowest BCUT2D eigenvalue weighted by atomic mass is 9.33. The van der Waals surface area contributed by atoms with Gasteiger partial charge in [0.05, 0.1) is 17.1 Å². The van der Waals surface area contributed by atoms with Crippen LogP contribution in [-0.2, 0) is 21.7 Å². The van der Waals surface area contributed by atoms with Gasteiger partial charge in [0.25, 0.3) is 6.71 Å². The molecule has 5 heteroatoms. The maximum absolute atomic E-state index is 2.77. The molecule has 0 spiro atoms. The molecule has 5 aliphatic rings. The van der Waals surface area contributed by atoms with E-state index in [0.29, 0.717) is 5.92 Å². The number of anilines is 8. The molecule has 0 amide bonds. The van der Waals surface area contributed by atoms with Gasteiger partial charge in [0.15, 0.2) is 0 Å². The Hall–Kier alpha value is -6.04. The summed E-state index contributed by atoms with van der Waals surface area (Å²) in [5.74, 6) is 0.434.